The van der Waals surface area contributed by atoms with Crippen LogP contribution in [0.15, 0.2) is 42.7 Å². The van der Waals surface area contributed by atoms with Gasteiger partial charge in [-0.1, -0.05) is 6.07 Å². The third-order valence-electron chi connectivity index (χ3n) is 3.05. The van der Waals surface area contributed by atoms with Gasteiger partial charge in [-0.2, -0.15) is 5.26 Å². The van der Waals surface area contributed by atoms with Crippen molar-refractivity contribution in [3.8, 4) is 11.8 Å². The maximum absolute atomic E-state index is 12.0. The number of nitrogens with one attached hydrogen (secondary N) is 1. The van der Waals surface area contributed by atoms with Crippen molar-refractivity contribution in [3.05, 3.63) is 48.4 Å². The first-order valence-corrected chi connectivity index (χ1v) is 7.44. The van der Waals surface area contributed by atoms with Gasteiger partial charge in [-0.05, 0) is 37.1 Å². The summed E-state index contributed by atoms with van der Waals surface area (Å²) in [5.41, 5.74) is 0.872. The van der Waals surface area contributed by atoms with Crippen molar-refractivity contribution in [1.82, 2.24) is 9.97 Å². The van der Waals surface area contributed by atoms with Gasteiger partial charge in [0.15, 0.2) is 11.6 Å². The molecule has 0 atom stereocenters. The average molecular weight is 310 g/mol. The number of carbonyl (C=O) groups excluding carboxylic acids is 1. The Hall–Kier alpha value is -2.94. The lowest BCUT2D eigenvalue weighted by Gasteiger charge is -2.10. The smallest absolute Gasteiger partial charge is 0.226 e. The molecular formula is C17H18N4O2. The normalized spacial score (nSPS) is 9.87. The van der Waals surface area contributed by atoms with Crippen LogP contribution >= 0.6 is 0 Å². The number of amides is 1. The van der Waals surface area contributed by atoms with E-state index in [0.717, 1.165) is 5.69 Å². The molecule has 2 aromatic rings. The molecule has 0 aromatic carbocycles. The monoisotopic (exact) mass is 310 g/mol. The van der Waals surface area contributed by atoms with Gasteiger partial charge in [-0.3, -0.25) is 9.78 Å². The molecule has 0 aliphatic rings. The molecule has 2 aromatic heterocycles. The van der Waals surface area contributed by atoms with E-state index < -0.39 is 0 Å². The molecular weight excluding hydrogens is 292 g/mol. The first-order chi connectivity index (χ1) is 11.3. The van der Waals surface area contributed by atoms with E-state index in [0.29, 0.717) is 43.9 Å². The average Bonchev–Trinajstić information content (AvgIpc) is 2.59. The second-order valence-corrected chi connectivity index (χ2v) is 4.83. The number of hydrogen-bond donors (Lipinski definition) is 1. The number of rotatable bonds is 8. The molecule has 0 aliphatic heterocycles. The Morgan fingerprint density at radius 1 is 1.22 bits per heavy atom. The number of nitrogens with zero attached hydrogens (tertiary/aromatic N) is 3. The van der Waals surface area contributed by atoms with Crippen molar-refractivity contribution in [3.63, 3.8) is 0 Å². The molecule has 2 rings (SSSR count). The molecule has 2 heterocycles. The number of aromatic nitrogens is 2. The molecule has 1 amide bonds. The maximum Gasteiger partial charge on any atom is 0.226 e. The third kappa shape index (κ3) is 5.75. The summed E-state index contributed by atoms with van der Waals surface area (Å²) in [4.78, 5) is 20.4. The van der Waals surface area contributed by atoms with Crippen LogP contribution in [0.5, 0.6) is 5.75 Å². The van der Waals surface area contributed by atoms with Crippen LogP contribution < -0.4 is 10.1 Å². The molecule has 6 heteroatoms. The molecule has 0 bridgehead atoms. The zero-order valence-corrected chi connectivity index (χ0v) is 12.7. The van der Waals surface area contributed by atoms with E-state index >= 15 is 0 Å². The molecule has 0 saturated heterocycles. The molecule has 0 radical (unpaired) electrons. The number of ether oxygens (including phenoxy) is 1. The first-order valence-electron chi connectivity index (χ1n) is 7.44. The molecule has 6 nitrogen and oxygen atoms in total. The summed E-state index contributed by atoms with van der Waals surface area (Å²) in [5, 5.41) is 11.3. The highest BCUT2D eigenvalue weighted by molar-refractivity contribution is 5.91. The number of unbranched alkanes of at least 4 members (excludes halogenated alkanes) is 1. The standard InChI is InChI=1S/C17H18N4O2/c18-10-2-4-13-23-15-7-5-12-20-17(15)21-16(22)9-8-14-6-1-3-11-19-14/h1,3,5-7,11-12H,2,4,8-9,13H2,(H,20,21,22). The fourth-order valence-corrected chi connectivity index (χ4v) is 1.92. The quantitative estimate of drug-likeness (QED) is 0.757. The van der Waals surface area contributed by atoms with Gasteiger partial charge < -0.3 is 10.1 Å². The van der Waals surface area contributed by atoms with Crippen molar-refractivity contribution in [1.29, 1.82) is 5.26 Å². The summed E-state index contributed by atoms with van der Waals surface area (Å²) in [5.74, 6) is 0.767. The van der Waals surface area contributed by atoms with Crippen molar-refractivity contribution in [2.45, 2.75) is 25.7 Å². The van der Waals surface area contributed by atoms with E-state index in [9.17, 15) is 4.79 Å². The Labute approximate surface area is 135 Å². The van der Waals surface area contributed by atoms with E-state index in [1.807, 2.05) is 18.2 Å². The zero-order valence-electron chi connectivity index (χ0n) is 12.7. The molecule has 0 spiro atoms. The predicted molar refractivity (Wildman–Crippen MR) is 85.8 cm³/mol. The summed E-state index contributed by atoms with van der Waals surface area (Å²) in [6.45, 7) is 0.413. The molecule has 1 N–H and O–H groups in total. The fraction of sp³-hybridized carbons (Fsp3) is 0.294. The van der Waals surface area contributed by atoms with Gasteiger partial charge in [-0.15, -0.1) is 0 Å². The zero-order chi connectivity index (χ0) is 16.3. The SMILES string of the molecule is N#CCCCOc1cccnc1NC(=O)CCc1ccccn1. The fourth-order valence-electron chi connectivity index (χ4n) is 1.92. The lowest BCUT2D eigenvalue weighted by molar-refractivity contribution is -0.116. The second-order valence-electron chi connectivity index (χ2n) is 4.83. The number of aryl methyl sites for hydroxylation is 1. The van der Waals surface area contributed by atoms with Crippen LogP contribution in [0.25, 0.3) is 0 Å². The van der Waals surface area contributed by atoms with Gasteiger partial charge in [0.2, 0.25) is 5.91 Å². The maximum atomic E-state index is 12.0. The molecule has 0 fully saturated rings. The van der Waals surface area contributed by atoms with Crippen LogP contribution in [0, 0.1) is 11.3 Å². The summed E-state index contributed by atoms with van der Waals surface area (Å²) in [6, 6.07) is 11.2. The van der Waals surface area contributed by atoms with Crippen molar-refractivity contribution in [2.24, 2.45) is 0 Å². The minimum atomic E-state index is -0.142. The highest BCUT2D eigenvalue weighted by Gasteiger charge is 2.09. The Morgan fingerprint density at radius 3 is 2.87 bits per heavy atom. The Morgan fingerprint density at radius 2 is 2.09 bits per heavy atom. The van der Waals surface area contributed by atoms with Gasteiger partial charge in [0.1, 0.15) is 0 Å². The Kier molecular flexibility index (Phi) is 6.54. The Balaban J connectivity index is 1.86. The van der Waals surface area contributed by atoms with E-state index in [1.54, 1.807) is 24.5 Å². The summed E-state index contributed by atoms with van der Waals surface area (Å²) in [6.07, 6.45) is 5.26. The molecule has 118 valence electrons. The highest BCUT2D eigenvalue weighted by atomic mass is 16.5. The van der Waals surface area contributed by atoms with E-state index in [2.05, 4.69) is 21.4 Å². The van der Waals surface area contributed by atoms with Gasteiger partial charge >= 0.3 is 0 Å². The van der Waals surface area contributed by atoms with Crippen LogP contribution in [0.3, 0.4) is 0 Å². The summed E-state index contributed by atoms with van der Waals surface area (Å²) in [7, 11) is 0. The minimum absolute atomic E-state index is 0.142. The topological polar surface area (TPSA) is 87.9 Å². The van der Waals surface area contributed by atoms with Crippen LogP contribution in [-0.2, 0) is 11.2 Å². The predicted octanol–water partition coefficient (Wildman–Crippen LogP) is 2.73. The van der Waals surface area contributed by atoms with E-state index in [-0.39, 0.29) is 5.91 Å². The number of nitriles is 1. The van der Waals surface area contributed by atoms with E-state index in [1.165, 1.54) is 0 Å². The van der Waals surface area contributed by atoms with E-state index in [4.69, 9.17) is 10.00 Å². The van der Waals surface area contributed by atoms with Crippen molar-refractivity contribution >= 4 is 11.7 Å². The number of anilines is 1. The number of pyridine rings is 2. The minimum Gasteiger partial charge on any atom is -0.490 e. The van der Waals surface area contributed by atoms with Gasteiger partial charge in [0.05, 0.1) is 12.7 Å². The van der Waals surface area contributed by atoms with Crippen molar-refractivity contribution < 1.29 is 9.53 Å². The first kappa shape index (κ1) is 16.4. The lowest BCUT2D eigenvalue weighted by Crippen LogP contribution is -2.15. The van der Waals surface area contributed by atoms with Gasteiger partial charge in [0.25, 0.3) is 0 Å². The molecule has 0 unspecified atom stereocenters. The van der Waals surface area contributed by atoms with Crippen LogP contribution in [0.4, 0.5) is 5.82 Å². The second kappa shape index (κ2) is 9.15. The van der Waals surface area contributed by atoms with Crippen LogP contribution in [0.2, 0.25) is 0 Å². The largest absolute Gasteiger partial charge is 0.490 e. The molecule has 0 aliphatic carbocycles. The third-order valence-corrected chi connectivity index (χ3v) is 3.05. The Bertz CT molecular complexity index is 668. The summed E-state index contributed by atoms with van der Waals surface area (Å²) < 4.78 is 5.56. The molecule has 0 saturated carbocycles. The van der Waals surface area contributed by atoms with Gasteiger partial charge in [-0.25, -0.2) is 4.98 Å². The number of carbonyl (C=O) groups is 1. The number of hydrogen-bond acceptors (Lipinski definition) is 5. The summed E-state index contributed by atoms with van der Waals surface area (Å²) >= 11 is 0. The highest BCUT2D eigenvalue weighted by Crippen LogP contribution is 2.21. The molecule has 23 heavy (non-hydrogen) atoms. The van der Waals surface area contributed by atoms with Crippen molar-refractivity contribution in [2.75, 3.05) is 11.9 Å². The van der Waals surface area contributed by atoms with Crippen LogP contribution in [-0.4, -0.2) is 22.5 Å². The lowest BCUT2D eigenvalue weighted by atomic mass is 10.2. The van der Waals surface area contributed by atoms with Gasteiger partial charge in [0, 0.05) is 30.9 Å². The van der Waals surface area contributed by atoms with Crippen LogP contribution in [0.1, 0.15) is 25.0 Å².